The molecule has 6 heteroatoms. The van der Waals surface area contributed by atoms with E-state index in [0.29, 0.717) is 36.0 Å². The molecule has 238 valence electrons. The van der Waals surface area contributed by atoms with Crippen LogP contribution < -0.4 is 0 Å². The summed E-state index contributed by atoms with van der Waals surface area (Å²) in [6.07, 6.45) is 11.4. The summed E-state index contributed by atoms with van der Waals surface area (Å²) in [7, 11) is 0. The lowest BCUT2D eigenvalue weighted by molar-refractivity contribution is -0.245. The Kier molecular flexibility index (Phi) is 7.68. The second-order valence-electron chi connectivity index (χ2n) is 17.5. The van der Waals surface area contributed by atoms with E-state index in [1.54, 1.807) is 13.8 Å². The number of carboxylic acids is 2. The predicted octanol–water partition coefficient (Wildman–Crippen LogP) is 9.81. The van der Waals surface area contributed by atoms with Crippen molar-refractivity contribution >= 4 is 35.1 Å². The molecule has 5 saturated carbocycles. The summed E-state index contributed by atoms with van der Waals surface area (Å²) in [5.74, 6) is 0.521. The van der Waals surface area contributed by atoms with Crippen molar-refractivity contribution < 1.29 is 19.8 Å². The van der Waals surface area contributed by atoms with Gasteiger partial charge in [-0.15, -0.1) is 23.2 Å². The van der Waals surface area contributed by atoms with E-state index >= 15 is 0 Å². The standard InChI is InChI=1S/C36H56Cl2O4/c1-21(2)22-12-17-36(20-34(8,37)28(39)40)19-18-32(6)23(27(22)36)10-11-26-31(5)15-13-25(35(9,38)29(41)42)30(3,4)24(31)14-16-33(26,32)7/h22-27H,1,10-20H2,2-9H3,(H,39,40)(H,41,42)/t22-,23+,24-,25?,26+,27+,31-,32+,33+,34?,35?,36+/m0/s1. The topological polar surface area (TPSA) is 74.6 Å². The molecule has 0 aromatic rings. The fraction of sp³-hybridized carbons (Fsp3) is 0.889. The summed E-state index contributed by atoms with van der Waals surface area (Å²) < 4.78 is 0. The van der Waals surface area contributed by atoms with E-state index in [4.69, 9.17) is 23.2 Å². The number of halogens is 2. The smallest absolute Gasteiger partial charge is 0.324 e. The zero-order chi connectivity index (χ0) is 31.5. The number of carboxylic acid groups (broad SMARTS) is 2. The highest BCUT2D eigenvalue weighted by Crippen LogP contribution is 2.78. The van der Waals surface area contributed by atoms with Crippen LogP contribution in [0.15, 0.2) is 12.2 Å². The van der Waals surface area contributed by atoms with Crippen molar-refractivity contribution in [1.82, 2.24) is 0 Å². The van der Waals surface area contributed by atoms with Crippen molar-refractivity contribution in [2.45, 2.75) is 136 Å². The molecule has 2 N–H and O–H groups in total. The normalized spacial score (nSPS) is 48.8. The first-order valence-electron chi connectivity index (χ1n) is 16.6. The number of alkyl halides is 2. The molecular formula is C36H56Cl2O4. The lowest BCUT2D eigenvalue weighted by Crippen LogP contribution is -2.67. The van der Waals surface area contributed by atoms with Crippen molar-refractivity contribution in [3.63, 3.8) is 0 Å². The second-order valence-corrected chi connectivity index (χ2v) is 19.1. The summed E-state index contributed by atoms with van der Waals surface area (Å²) >= 11 is 13.6. The SMILES string of the molecule is C=C(C)[C@@H]1CC[C@]2(CC(C)(Cl)C(=O)O)CC[C@]3(C)[C@H](CC[C@@H]4[C@@]5(C)CCC(C(C)(Cl)C(=O)O)C(C)(C)[C@@H]5CC[C@]43C)[C@@H]12. The van der Waals surface area contributed by atoms with E-state index in [9.17, 15) is 19.8 Å². The number of hydrogen-bond donors (Lipinski definition) is 2. The first kappa shape index (κ1) is 32.6. The van der Waals surface area contributed by atoms with Gasteiger partial charge in [0, 0.05) is 0 Å². The molecule has 0 aliphatic heterocycles. The molecule has 4 nitrogen and oxygen atoms in total. The maximum Gasteiger partial charge on any atom is 0.324 e. The summed E-state index contributed by atoms with van der Waals surface area (Å²) in [6.45, 7) is 22.4. The van der Waals surface area contributed by atoms with Crippen LogP contribution in [0, 0.1) is 62.6 Å². The van der Waals surface area contributed by atoms with Gasteiger partial charge in [-0.2, -0.15) is 0 Å². The van der Waals surface area contributed by atoms with Gasteiger partial charge in [-0.1, -0.05) is 46.8 Å². The lowest BCUT2D eigenvalue weighted by Gasteiger charge is -2.73. The van der Waals surface area contributed by atoms with E-state index in [1.807, 2.05) is 0 Å². The molecule has 0 radical (unpaired) electrons. The Balaban J connectivity index is 1.52. The van der Waals surface area contributed by atoms with Crippen LogP contribution in [-0.4, -0.2) is 31.9 Å². The van der Waals surface area contributed by atoms with E-state index in [1.165, 1.54) is 18.4 Å². The van der Waals surface area contributed by atoms with E-state index < -0.39 is 21.7 Å². The van der Waals surface area contributed by atoms with Gasteiger partial charge < -0.3 is 10.2 Å². The van der Waals surface area contributed by atoms with Crippen LogP contribution in [-0.2, 0) is 9.59 Å². The molecule has 0 amide bonds. The van der Waals surface area contributed by atoms with Crippen LogP contribution in [0.4, 0.5) is 0 Å². The molecule has 12 atom stereocenters. The highest BCUT2D eigenvalue weighted by molar-refractivity contribution is 6.34. The van der Waals surface area contributed by atoms with Crippen molar-refractivity contribution in [3.8, 4) is 0 Å². The predicted molar refractivity (Wildman–Crippen MR) is 171 cm³/mol. The molecule has 5 aliphatic rings. The third kappa shape index (κ3) is 4.25. The molecule has 0 aromatic carbocycles. The Hall–Kier alpha value is -0.740. The Labute approximate surface area is 264 Å². The summed E-state index contributed by atoms with van der Waals surface area (Å²) in [6, 6.07) is 0. The van der Waals surface area contributed by atoms with E-state index in [0.717, 1.165) is 51.4 Å². The first-order chi connectivity index (χ1) is 19.1. The molecular weight excluding hydrogens is 567 g/mol. The molecule has 5 aliphatic carbocycles. The van der Waals surface area contributed by atoms with Gasteiger partial charge in [0.1, 0.15) is 9.75 Å². The van der Waals surface area contributed by atoms with E-state index in [2.05, 4.69) is 48.1 Å². The molecule has 0 saturated heterocycles. The minimum Gasteiger partial charge on any atom is -0.480 e. The quantitative estimate of drug-likeness (QED) is 0.228. The average molecular weight is 624 g/mol. The van der Waals surface area contributed by atoms with Gasteiger partial charge in [0.25, 0.3) is 0 Å². The molecule has 0 aromatic heterocycles. The highest BCUT2D eigenvalue weighted by Gasteiger charge is 2.72. The zero-order valence-corrected chi connectivity index (χ0v) is 28.9. The molecule has 0 spiro atoms. The third-order valence-electron chi connectivity index (χ3n) is 15.5. The van der Waals surface area contributed by atoms with Crippen LogP contribution in [0.5, 0.6) is 0 Å². The Bertz CT molecular complexity index is 1160. The minimum atomic E-state index is -1.26. The van der Waals surface area contributed by atoms with Gasteiger partial charge in [-0.25, -0.2) is 0 Å². The van der Waals surface area contributed by atoms with E-state index in [-0.39, 0.29) is 33.0 Å². The molecule has 5 fully saturated rings. The monoisotopic (exact) mass is 622 g/mol. The minimum absolute atomic E-state index is 0.0470. The van der Waals surface area contributed by atoms with Gasteiger partial charge in [0.15, 0.2) is 0 Å². The Morgan fingerprint density at radius 2 is 1.45 bits per heavy atom. The second kappa shape index (κ2) is 9.88. The van der Waals surface area contributed by atoms with Crippen molar-refractivity contribution in [2.75, 3.05) is 0 Å². The van der Waals surface area contributed by atoms with Crippen molar-refractivity contribution in [3.05, 3.63) is 12.2 Å². The molecule has 5 rings (SSSR count). The van der Waals surface area contributed by atoms with Gasteiger partial charge in [-0.3, -0.25) is 9.59 Å². The average Bonchev–Trinajstić information content (AvgIpc) is 3.22. The highest BCUT2D eigenvalue weighted by atomic mass is 35.5. The maximum atomic E-state index is 12.3. The number of rotatable bonds is 6. The summed E-state index contributed by atoms with van der Waals surface area (Å²) in [5.41, 5.74) is 1.51. The first-order valence-corrected chi connectivity index (χ1v) is 17.4. The number of carbonyl (C=O) groups is 2. The van der Waals surface area contributed by atoms with Crippen LogP contribution in [0.3, 0.4) is 0 Å². The number of allylic oxidation sites excluding steroid dienone is 1. The van der Waals surface area contributed by atoms with Gasteiger partial charge in [-0.05, 0) is 154 Å². The maximum absolute atomic E-state index is 12.3. The number of hydrogen-bond acceptors (Lipinski definition) is 2. The van der Waals surface area contributed by atoms with Crippen molar-refractivity contribution in [1.29, 1.82) is 0 Å². The fourth-order valence-corrected chi connectivity index (χ4v) is 14.1. The fourth-order valence-electron chi connectivity index (χ4n) is 13.5. The Morgan fingerprint density at radius 3 is 2.02 bits per heavy atom. The summed E-state index contributed by atoms with van der Waals surface area (Å²) in [4.78, 5) is 22.0. The van der Waals surface area contributed by atoms with Crippen molar-refractivity contribution in [2.24, 2.45) is 62.6 Å². The van der Waals surface area contributed by atoms with Crippen LogP contribution in [0.25, 0.3) is 0 Å². The summed E-state index contributed by atoms with van der Waals surface area (Å²) in [5, 5.41) is 20.1. The molecule has 3 unspecified atom stereocenters. The van der Waals surface area contributed by atoms with Gasteiger partial charge in [0.2, 0.25) is 0 Å². The molecule has 0 heterocycles. The molecule has 0 bridgehead atoms. The van der Waals surface area contributed by atoms with Gasteiger partial charge >= 0.3 is 11.9 Å². The largest absolute Gasteiger partial charge is 0.480 e. The zero-order valence-electron chi connectivity index (χ0n) is 27.4. The van der Waals surface area contributed by atoms with Crippen LogP contribution in [0.1, 0.15) is 126 Å². The van der Waals surface area contributed by atoms with Crippen LogP contribution >= 0.6 is 23.2 Å². The Morgan fingerprint density at radius 1 is 0.810 bits per heavy atom. The third-order valence-corrected chi connectivity index (χ3v) is 16.2. The number of aliphatic carboxylic acids is 2. The number of fused-ring (bicyclic) bond motifs is 7. The van der Waals surface area contributed by atoms with Crippen LogP contribution in [0.2, 0.25) is 0 Å². The lowest BCUT2D eigenvalue weighted by atomic mass is 9.31. The van der Waals surface area contributed by atoms with Gasteiger partial charge in [0.05, 0.1) is 0 Å². The molecule has 42 heavy (non-hydrogen) atoms.